The monoisotopic (exact) mass is 447 g/mol. The van der Waals surface area contributed by atoms with Gasteiger partial charge in [-0.3, -0.25) is 4.98 Å². The molecule has 8 nitrogen and oxygen atoms in total. The molecule has 8 heteroatoms. The lowest BCUT2D eigenvalue weighted by molar-refractivity contribution is -0.139. The molecular weight excluding hydrogens is 422 g/mol. The summed E-state index contributed by atoms with van der Waals surface area (Å²) in [4.78, 5) is 29.6. The number of carbonyl (C=O) groups is 2. The van der Waals surface area contributed by atoms with Gasteiger partial charge < -0.3 is 19.9 Å². The minimum absolute atomic E-state index is 0.0536. The van der Waals surface area contributed by atoms with E-state index < -0.39 is 17.9 Å². The Balaban J connectivity index is 2.09. The Kier molecular flexibility index (Phi) is 7.13. The fourth-order valence-electron chi connectivity index (χ4n) is 3.76. The van der Waals surface area contributed by atoms with Crippen LogP contribution in [0.25, 0.3) is 11.3 Å². The van der Waals surface area contributed by atoms with Crippen LogP contribution < -0.4 is 5.73 Å². The molecule has 0 fully saturated rings. The van der Waals surface area contributed by atoms with Crippen LogP contribution >= 0.6 is 0 Å². The number of ether oxygens (including phenoxy) is 3. The Morgan fingerprint density at radius 3 is 2.33 bits per heavy atom. The van der Waals surface area contributed by atoms with Crippen LogP contribution in [-0.2, 0) is 19.0 Å². The lowest BCUT2D eigenvalue weighted by atomic mass is 9.82. The molecule has 0 bridgehead atoms. The van der Waals surface area contributed by atoms with Gasteiger partial charge in [0.15, 0.2) is 0 Å². The van der Waals surface area contributed by atoms with E-state index in [1.54, 1.807) is 57.3 Å². The van der Waals surface area contributed by atoms with E-state index in [0.717, 1.165) is 5.56 Å². The maximum atomic E-state index is 12.7. The number of hydrogen-bond acceptors (Lipinski definition) is 8. The van der Waals surface area contributed by atoms with Gasteiger partial charge in [-0.1, -0.05) is 24.3 Å². The highest BCUT2D eigenvalue weighted by Gasteiger charge is 2.36. The number of esters is 2. The number of aromatic nitrogens is 1. The van der Waals surface area contributed by atoms with E-state index in [0.29, 0.717) is 22.4 Å². The molecule has 0 saturated carbocycles. The molecule has 0 radical (unpaired) electrons. The van der Waals surface area contributed by atoms with E-state index in [-0.39, 0.29) is 36.0 Å². The zero-order valence-corrected chi connectivity index (χ0v) is 19.0. The summed E-state index contributed by atoms with van der Waals surface area (Å²) in [5, 5.41) is 9.72. The number of pyridine rings is 1. The Morgan fingerprint density at radius 2 is 1.73 bits per heavy atom. The molecule has 1 aromatic heterocycles. The van der Waals surface area contributed by atoms with Gasteiger partial charge in [-0.25, -0.2) is 9.59 Å². The first kappa shape index (κ1) is 23.5. The molecule has 1 aromatic carbocycles. The molecule has 2 aromatic rings. The number of nitrogens with two attached hydrogens (primary N) is 1. The predicted molar refractivity (Wildman–Crippen MR) is 120 cm³/mol. The van der Waals surface area contributed by atoms with Crippen LogP contribution in [0.5, 0.6) is 0 Å². The SMILES string of the molecule is CCOC(=O)C1=C(C)OC(N)=C(C#N)C1c1ccc(-c2nccc(C)c2C(=O)OCC)cc1. The third-order valence-corrected chi connectivity index (χ3v) is 5.26. The fourth-order valence-corrected chi connectivity index (χ4v) is 3.76. The zero-order chi connectivity index (χ0) is 24.1. The zero-order valence-electron chi connectivity index (χ0n) is 19.0. The lowest BCUT2D eigenvalue weighted by Gasteiger charge is -2.27. The van der Waals surface area contributed by atoms with E-state index in [2.05, 4.69) is 11.1 Å². The molecule has 0 saturated heterocycles. The van der Waals surface area contributed by atoms with Crippen LogP contribution in [0.4, 0.5) is 0 Å². The molecule has 33 heavy (non-hydrogen) atoms. The van der Waals surface area contributed by atoms with Crippen LogP contribution in [0.2, 0.25) is 0 Å². The van der Waals surface area contributed by atoms with Gasteiger partial charge in [-0.05, 0) is 44.9 Å². The third-order valence-electron chi connectivity index (χ3n) is 5.26. The van der Waals surface area contributed by atoms with Gasteiger partial charge in [0, 0.05) is 11.8 Å². The van der Waals surface area contributed by atoms with Gasteiger partial charge in [0.25, 0.3) is 0 Å². The number of rotatable bonds is 6. The van der Waals surface area contributed by atoms with Crippen molar-refractivity contribution in [1.29, 1.82) is 5.26 Å². The molecular formula is C25H25N3O5. The molecule has 1 aliphatic rings. The molecule has 3 rings (SSSR count). The Hall–Kier alpha value is -4.12. The van der Waals surface area contributed by atoms with E-state index >= 15 is 0 Å². The smallest absolute Gasteiger partial charge is 0.340 e. The van der Waals surface area contributed by atoms with E-state index in [4.69, 9.17) is 19.9 Å². The van der Waals surface area contributed by atoms with Crippen molar-refractivity contribution in [3.63, 3.8) is 0 Å². The normalized spacial score (nSPS) is 15.5. The molecule has 1 aliphatic heterocycles. The summed E-state index contributed by atoms with van der Waals surface area (Å²) in [7, 11) is 0. The topological polar surface area (TPSA) is 125 Å². The van der Waals surface area contributed by atoms with Crippen LogP contribution in [-0.4, -0.2) is 30.1 Å². The second-order valence-corrected chi connectivity index (χ2v) is 7.31. The first-order valence-corrected chi connectivity index (χ1v) is 10.5. The summed E-state index contributed by atoms with van der Waals surface area (Å²) in [5.74, 6) is -1.54. The summed E-state index contributed by atoms with van der Waals surface area (Å²) in [6.07, 6.45) is 1.63. The quantitative estimate of drug-likeness (QED) is 0.662. The first-order valence-electron chi connectivity index (χ1n) is 10.5. The number of nitrogens with zero attached hydrogens (tertiary/aromatic N) is 2. The molecule has 2 heterocycles. The van der Waals surface area contributed by atoms with Crippen molar-refractivity contribution < 1.29 is 23.8 Å². The number of benzene rings is 1. The minimum atomic E-state index is -0.744. The lowest BCUT2D eigenvalue weighted by Crippen LogP contribution is -2.25. The molecule has 0 spiro atoms. The molecule has 0 amide bonds. The fraction of sp³-hybridized carbons (Fsp3) is 0.280. The summed E-state index contributed by atoms with van der Waals surface area (Å²) in [6.45, 7) is 7.30. The second-order valence-electron chi connectivity index (χ2n) is 7.31. The highest BCUT2D eigenvalue weighted by Crippen LogP contribution is 2.40. The van der Waals surface area contributed by atoms with Crippen molar-refractivity contribution >= 4 is 11.9 Å². The van der Waals surface area contributed by atoms with Gasteiger partial charge >= 0.3 is 11.9 Å². The highest BCUT2D eigenvalue weighted by atomic mass is 16.5. The van der Waals surface area contributed by atoms with Gasteiger partial charge in [0.2, 0.25) is 5.88 Å². The van der Waals surface area contributed by atoms with E-state index in [9.17, 15) is 14.9 Å². The van der Waals surface area contributed by atoms with Crippen molar-refractivity contribution in [2.45, 2.75) is 33.6 Å². The van der Waals surface area contributed by atoms with Gasteiger partial charge in [-0.15, -0.1) is 0 Å². The van der Waals surface area contributed by atoms with Crippen LogP contribution in [0.3, 0.4) is 0 Å². The van der Waals surface area contributed by atoms with Gasteiger partial charge in [0.05, 0.1) is 36.0 Å². The summed E-state index contributed by atoms with van der Waals surface area (Å²) >= 11 is 0. The summed E-state index contributed by atoms with van der Waals surface area (Å²) in [5.41, 5.74) is 9.25. The molecule has 170 valence electrons. The van der Waals surface area contributed by atoms with E-state index in [1.165, 1.54) is 0 Å². The standard InChI is InChI=1S/C25H25N3O5/c1-5-31-24(29)19-14(3)11-12-28-22(19)17-9-7-16(8-10-17)21-18(13-26)23(27)33-15(4)20(21)25(30)32-6-2/h7-12,21H,5-6,27H2,1-4H3. The van der Waals surface area contributed by atoms with E-state index in [1.807, 2.05) is 6.92 Å². The first-order chi connectivity index (χ1) is 15.8. The Morgan fingerprint density at radius 1 is 1.09 bits per heavy atom. The second kappa shape index (κ2) is 10.0. The average Bonchev–Trinajstić information content (AvgIpc) is 2.78. The van der Waals surface area contributed by atoms with Crippen molar-refractivity contribution in [3.05, 3.63) is 76.0 Å². The van der Waals surface area contributed by atoms with Gasteiger partial charge in [-0.2, -0.15) is 5.26 Å². The molecule has 0 aliphatic carbocycles. The Bertz CT molecular complexity index is 1190. The van der Waals surface area contributed by atoms with Crippen molar-refractivity contribution in [2.24, 2.45) is 5.73 Å². The Labute approximate surface area is 192 Å². The van der Waals surface area contributed by atoms with Gasteiger partial charge in [0.1, 0.15) is 17.4 Å². The average molecular weight is 447 g/mol. The summed E-state index contributed by atoms with van der Waals surface area (Å²) in [6, 6.07) is 10.9. The molecule has 2 N–H and O–H groups in total. The molecule has 1 unspecified atom stereocenters. The van der Waals surface area contributed by atoms with Crippen molar-refractivity contribution in [2.75, 3.05) is 13.2 Å². The number of hydrogen-bond donors (Lipinski definition) is 1. The number of nitriles is 1. The van der Waals surface area contributed by atoms with Crippen molar-refractivity contribution in [3.8, 4) is 17.3 Å². The maximum Gasteiger partial charge on any atom is 0.340 e. The van der Waals surface area contributed by atoms with Crippen LogP contribution in [0.1, 0.15) is 48.2 Å². The minimum Gasteiger partial charge on any atom is -0.463 e. The number of carbonyl (C=O) groups excluding carboxylic acids is 2. The maximum absolute atomic E-state index is 12.7. The largest absolute Gasteiger partial charge is 0.463 e. The third kappa shape index (κ3) is 4.58. The van der Waals surface area contributed by atoms with Crippen LogP contribution in [0.15, 0.2) is 59.3 Å². The number of aryl methyl sites for hydroxylation is 1. The predicted octanol–water partition coefficient (Wildman–Crippen LogP) is 3.88. The molecule has 1 atom stereocenters. The highest BCUT2D eigenvalue weighted by molar-refractivity contribution is 5.97. The van der Waals surface area contributed by atoms with Crippen molar-refractivity contribution in [1.82, 2.24) is 4.98 Å². The van der Waals surface area contributed by atoms with Crippen LogP contribution in [0, 0.1) is 18.3 Å². The number of allylic oxidation sites excluding steroid dienone is 2. The summed E-state index contributed by atoms with van der Waals surface area (Å²) < 4.78 is 15.8.